The van der Waals surface area contributed by atoms with Gasteiger partial charge in [-0.3, -0.25) is 4.79 Å². The maximum absolute atomic E-state index is 13.6. The minimum absolute atomic E-state index is 0.0155. The Hall–Kier alpha value is -2.73. The summed E-state index contributed by atoms with van der Waals surface area (Å²) in [4.78, 5) is 15.0. The van der Waals surface area contributed by atoms with E-state index in [0.717, 1.165) is 58.7 Å². The fourth-order valence-electron chi connectivity index (χ4n) is 4.09. The number of nitrogens with zero attached hydrogens (tertiary/aromatic N) is 2. The molecule has 0 saturated heterocycles. The van der Waals surface area contributed by atoms with Gasteiger partial charge in [0.1, 0.15) is 5.82 Å². The maximum atomic E-state index is 13.6. The standard InChI is InChI=1S/C25H28FN3OS/c1-16-9-21(29-8-7-17-10-20(26)6-5-18(17)14-29)11-22(19-13-27-31-15-19)24(16)28-23(30)12-25(2,3)4/h5-6,9-11,13,15H,7-8,12,14H2,1-4H3,(H,28,30). The number of anilines is 2. The highest BCUT2D eigenvalue weighted by Gasteiger charge is 2.22. The average molecular weight is 438 g/mol. The van der Waals surface area contributed by atoms with Gasteiger partial charge in [-0.15, -0.1) is 0 Å². The van der Waals surface area contributed by atoms with Crippen molar-refractivity contribution in [3.8, 4) is 11.1 Å². The fourth-order valence-corrected chi connectivity index (χ4v) is 4.63. The molecule has 162 valence electrons. The van der Waals surface area contributed by atoms with Crippen molar-refractivity contribution in [1.29, 1.82) is 0 Å². The van der Waals surface area contributed by atoms with Crippen LogP contribution < -0.4 is 10.2 Å². The first-order chi connectivity index (χ1) is 14.7. The van der Waals surface area contributed by atoms with E-state index in [0.29, 0.717) is 6.42 Å². The van der Waals surface area contributed by atoms with Crippen molar-refractivity contribution < 1.29 is 9.18 Å². The number of rotatable bonds is 4. The van der Waals surface area contributed by atoms with Gasteiger partial charge in [0.05, 0.1) is 5.69 Å². The maximum Gasteiger partial charge on any atom is 0.224 e. The molecule has 0 saturated carbocycles. The van der Waals surface area contributed by atoms with Crippen molar-refractivity contribution in [2.75, 3.05) is 16.8 Å². The van der Waals surface area contributed by atoms with Gasteiger partial charge in [0.25, 0.3) is 0 Å². The van der Waals surface area contributed by atoms with Gasteiger partial charge in [-0.05, 0) is 71.2 Å². The highest BCUT2D eigenvalue weighted by atomic mass is 32.1. The molecule has 0 spiro atoms. The number of benzene rings is 2. The van der Waals surface area contributed by atoms with E-state index in [9.17, 15) is 9.18 Å². The number of aromatic nitrogens is 1. The summed E-state index contributed by atoms with van der Waals surface area (Å²) in [6.45, 7) is 9.79. The number of hydrogen-bond donors (Lipinski definition) is 1. The third-order valence-corrected chi connectivity index (χ3v) is 6.15. The molecule has 0 unspecified atom stereocenters. The second kappa shape index (κ2) is 8.42. The molecule has 6 heteroatoms. The van der Waals surface area contributed by atoms with E-state index in [1.54, 1.807) is 6.07 Å². The third-order valence-electron chi connectivity index (χ3n) is 5.56. The number of hydrogen-bond acceptors (Lipinski definition) is 4. The Bertz CT molecular complexity index is 1100. The summed E-state index contributed by atoms with van der Waals surface area (Å²) in [6.07, 6.45) is 3.11. The predicted octanol–water partition coefficient (Wildman–Crippen LogP) is 6.20. The average Bonchev–Trinajstić information content (AvgIpc) is 3.22. The summed E-state index contributed by atoms with van der Waals surface area (Å²) in [5.41, 5.74) is 7.11. The highest BCUT2D eigenvalue weighted by molar-refractivity contribution is 7.03. The van der Waals surface area contributed by atoms with Crippen LogP contribution in [-0.2, 0) is 17.8 Å². The molecule has 0 bridgehead atoms. The van der Waals surface area contributed by atoms with Crippen LogP contribution in [0.4, 0.5) is 15.8 Å². The molecule has 4 rings (SSSR count). The van der Waals surface area contributed by atoms with Gasteiger partial charge in [0, 0.05) is 47.9 Å². The zero-order chi connectivity index (χ0) is 22.2. The molecule has 1 N–H and O–H groups in total. The number of carbonyl (C=O) groups is 1. The summed E-state index contributed by atoms with van der Waals surface area (Å²) in [7, 11) is 0. The lowest BCUT2D eigenvalue weighted by Gasteiger charge is -2.32. The van der Waals surface area contributed by atoms with Gasteiger partial charge in [0.2, 0.25) is 5.91 Å². The van der Waals surface area contributed by atoms with Crippen molar-refractivity contribution in [2.24, 2.45) is 5.41 Å². The molecule has 0 aliphatic carbocycles. The van der Waals surface area contributed by atoms with E-state index in [-0.39, 0.29) is 17.1 Å². The zero-order valence-corrected chi connectivity index (χ0v) is 19.3. The molecule has 1 aliphatic rings. The third kappa shape index (κ3) is 4.96. The number of fused-ring (bicyclic) bond motifs is 1. The van der Waals surface area contributed by atoms with Gasteiger partial charge in [-0.25, -0.2) is 8.76 Å². The smallest absolute Gasteiger partial charge is 0.224 e. The van der Waals surface area contributed by atoms with Crippen LogP contribution in [-0.4, -0.2) is 16.8 Å². The first-order valence-electron chi connectivity index (χ1n) is 10.6. The second-order valence-corrected chi connectivity index (χ2v) is 10.1. The van der Waals surface area contributed by atoms with Crippen LogP contribution in [0.15, 0.2) is 41.9 Å². The topological polar surface area (TPSA) is 45.2 Å². The van der Waals surface area contributed by atoms with Crippen LogP contribution >= 0.6 is 11.5 Å². The van der Waals surface area contributed by atoms with Gasteiger partial charge >= 0.3 is 0 Å². The highest BCUT2D eigenvalue weighted by Crippen LogP contribution is 2.37. The largest absolute Gasteiger partial charge is 0.367 e. The van der Waals surface area contributed by atoms with Crippen LogP contribution in [0.25, 0.3) is 11.1 Å². The molecule has 3 aromatic rings. The van der Waals surface area contributed by atoms with Crippen molar-refractivity contribution in [3.63, 3.8) is 0 Å². The van der Waals surface area contributed by atoms with Gasteiger partial charge in [0.15, 0.2) is 0 Å². The first-order valence-corrected chi connectivity index (χ1v) is 11.4. The summed E-state index contributed by atoms with van der Waals surface area (Å²) in [5.74, 6) is -0.160. The molecule has 31 heavy (non-hydrogen) atoms. The summed E-state index contributed by atoms with van der Waals surface area (Å²) < 4.78 is 17.8. The molecule has 2 heterocycles. The SMILES string of the molecule is Cc1cc(N2CCc3cc(F)ccc3C2)cc(-c2cnsc2)c1NC(=O)CC(C)(C)C. The van der Waals surface area contributed by atoms with Crippen LogP contribution in [0.5, 0.6) is 0 Å². The Morgan fingerprint density at radius 2 is 2.03 bits per heavy atom. The summed E-state index contributed by atoms with van der Waals surface area (Å²) in [5, 5.41) is 5.16. The van der Waals surface area contributed by atoms with Crippen molar-refractivity contribution in [3.05, 3.63) is 64.4 Å². The summed E-state index contributed by atoms with van der Waals surface area (Å²) >= 11 is 1.40. The Kier molecular flexibility index (Phi) is 5.84. The monoisotopic (exact) mass is 437 g/mol. The molecular weight excluding hydrogens is 409 g/mol. The lowest BCUT2D eigenvalue weighted by Crippen LogP contribution is -2.30. The van der Waals surface area contributed by atoms with E-state index in [1.165, 1.54) is 17.6 Å². The lowest BCUT2D eigenvalue weighted by molar-refractivity contribution is -0.117. The Morgan fingerprint density at radius 3 is 2.74 bits per heavy atom. The molecule has 1 amide bonds. The molecule has 1 aliphatic heterocycles. The number of aryl methyl sites for hydroxylation is 1. The molecule has 1 aromatic heterocycles. The first kappa shape index (κ1) is 21.5. The molecule has 2 aromatic carbocycles. The van der Waals surface area contributed by atoms with Crippen LogP contribution in [0.2, 0.25) is 0 Å². The Balaban J connectivity index is 1.68. The van der Waals surface area contributed by atoms with Crippen molar-refractivity contribution >= 4 is 28.8 Å². The van der Waals surface area contributed by atoms with Gasteiger partial charge in [-0.2, -0.15) is 0 Å². The number of amides is 1. The normalized spacial score (nSPS) is 13.8. The second-order valence-electron chi connectivity index (χ2n) is 9.47. The fraction of sp³-hybridized carbons (Fsp3) is 0.360. The van der Waals surface area contributed by atoms with Crippen molar-refractivity contribution in [2.45, 2.75) is 47.1 Å². The Labute approximate surface area is 187 Å². The van der Waals surface area contributed by atoms with Crippen LogP contribution in [0.1, 0.15) is 43.9 Å². The van der Waals surface area contributed by atoms with E-state index < -0.39 is 0 Å². The molecule has 0 atom stereocenters. The number of halogens is 1. The molecule has 0 radical (unpaired) electrons. The van der Waals surface area contributed by atoms with Crippen molar-refractivity contribution in [1.82, 2.24) is 4.37 Å². The molecule has 4 nitrogen and oxygen atoms in total. The van der Waals surface area contributed by atoms with Crippen LogP contribution in [0, 0.1) is 18.2 Å². The van der Waals surface area contributed by atoms with E-state index in [4.69, 9.17) is 0 Å². The predicted molar refractivity (Wildman–Crippen MR) is 126 cm³/mol. The Morgan fingerprint density at radius 1 is 1.23 bits per heavy atom. The number of carbonyl (C=O) groups excluding carboxylic acids is 1. The van der Waals surface area contributed by atoms with E-state index in [2.05, 4.69) is 47.5 Å². The van der Waals surface area contributed by atoms with Gasteiger partial charge < -0.3 is 10.2 Å². The summed E-state index contributed by atoms with van der Waals surface area (Å²) in [6, 6.07) is 9.33. The van der Waals surface area contributed by atoms with Gasteiger partial charge in [-0.1, -0.05) is 26.8 Å². The lowest BCUT2D eigenvalue weighted by atomic mass is 9.91. The number of nitrogens with one attached hydrogen (secondary N) is 1. The minimum atomic E-state index is -0.175. The minimum Gasteiger partial charge on any atom is -0.367 e. The van der Waals surface area contributed by atoms with Crippen LogP contribution in [0.3, 0.4) is 0 Å². The van der Waals surface area contributed by atoms with E-state index in [1.807, 2.05) is 24.6 Å². The molecule has 0 fully saturated rings. The zero-order valence-electron chi connectivity index (χ0n) is 18.5. The van der Waals surface area contributed by atoms with E-state index >= 15 is 0 Å². The molecular formula is C25H28FN3OS. The quantitative estimate of drug-likeness (QED) is 0.529.